The maximum atomic E-state index is 13.3. The summed E-state index contributed by atoms with van der Waals surface area (Å²) >= 11 is 0. The summed E-state index contributed by atoms with van der Waals surface area (Å²) in [6.07, 6.45) is 7.40. The molecule has 8 nitrogen and oxygen atoms in total. The van der Waals surface area contributed by atoms with E-state index in [4.69, 9.17) is 13.9 Å². The van der Waals surface area contributed by atoms with Gasteiger partial charge in [0.2, 0.25) is 0 Å². The summed E-state index contributed by atoms with van der Waals surface area (Å²) < 4.78 is 18.2. The second-order valence-corrected chi connectivity index (χ2v) is 13.2. The monoisotopic (exact) mass is 535 g/mol. The van der Waals surface area contributed by atoms with Gasteiger partial charge in [-0.15, -0.1) is 0 Å². The minimum atomic E-state index is -1.14. The van der Waals surface area contributed by atoms with Crippen molar-refractivity contribution in [3.8, 4) is 17.1 Å². The van der Waals surface area contributed by atoms with Crippen LogP contribution in [0.15, 0.2) is 39.8 Å². The molecule has 2 N–H and O–H groups in total. The van der Waals surface area contributed by atoms with Gasteiger partial charge in [0.1, 0.15) is 29.3 Å². The second kappa shape index (κ2) is 8.90. The van der Waals surface area contributed by atoms with Gasteiger partial charge in [-0.05, 0) is 67.9 Å². The SMILES string of the molecule is CC1(CC2CC2)[C@@H](OC(=O)C2CC2)CC[C@]2(C)[C@@H]3C(Oc4cc(-c5cccnc5)oc(=O)c4[C@@H]3O)C(O)C[C@@H]12. The van der Waals surface area contributed by atoms with E-state index < -0.39 is 35.3 Å². The van der Waals surface area contributed by atoms with Crippen molar-refractivity contribution >= 4 is 5.97 Å². The lowest BCUT2D eigenvalue weighted by molar-refractivity contribution is -0.234. The van der Waals surface area contributed by atoms with E-state index >= 15 is 0 Å². The van der Waals surface area contributed by atoms with Crippen molar-refractivity contribution in [1.82, 2.24) is 4.98 Å². The highest BCUT2D eigenvalue weighted by atomic mass is 16.5. The van der Waals surface area contributed by atoms with E-state index in [-0.39, 0.29) is 40.6 Å². The van der Waals surface area contributed by atoms with E-state index in [0.717, 1.165) is 19.3 Å². The van der Waals surface area contributed by atoms with E-state index in [2.05, 4.69) is 18.8 Å². The largest absolute Gasteiger partial charge is 0.486 e. The summed E-state index contributed by atoms with van der Waals surface area (Å²) in [5, 5.41) is 23.4. The summed E-state index contributed by atoms with van der Waals surface area (Å²) in [5.41, 5.74) is -0.653. The zero-order valence-electron chi connectivity index (χ0n) is 22.5. The lowest BCUT2D eigenvalue weighted by Gasteiger charge is -2.64. The van der Waals surface area contributed by atoms with E-state index in [1.165, 1.54) is 12.8 Å². The fraction of sp³-hybridized carbons (Fsp3) is 0.645. The van der Waals surface area contributed by atoms with Crippen LogP contribution in [0.4, 0.5) is 0 Å². The van der Waals surface area contributed by atoms with Gasteiger partial charge in [-0.1, -0.05) is 26.7 Å². The summed E-state index contributed by atoms with van der Waals surface area (Å²) in [4.78, 5) is 30.1. The lowest BCUT2D eigenvalue weighted by atomic mass is 9.44. The lowest BCUT2D eigenvalue weighted by Crippen LogP contribution is -2.65. The fourth-order valence-corrected chi connectivity index (χ4v) is 8.33. The summed E-state index contributed by atoms with van der Waals surface area (Å²) in [5.74, 6) is 0.608. The Balaban J connectivity index is 1.26. The predicted octanol–water partition coefficient (Wildman–Crippen LogP) is 4.42. The molecule has 4 saturated carbocycles. The van der Waals surface area contributed by atoms with Crippen molar-refractivity contribution in [2.75, 3.05) is 0 Å². The molecule has 8 atom stereocenters. The first-order valence-corrected chi connectivity index (χ1v) is 14.5. The molecule has 2 aromatic heterocycles. The number of rotatable bonds is 5. The van der Waals surface area contributed by atoms with Crippen LogP contribution >= 0.6 is 0 Å². The number of fused-ring (bicyclic) bond motifs is 4. The number of aromatic nitrogens is 1. The fourth-order valence-electron chi connectivity index (χ4n) is 8.33. The molecule has 3 unspecified atom stereocenters. The molecule has 0 saturated heterocycles. The normalized spacial score (nSPS) is 39.1. The molecule has 0 amide bonds. The van der Waals surface area contributed by atoms with Crippen molar-refractivity contribution in [3.63, 3.8) is 0 Å². The molecule has 208 valence electrons. The van der Waals surface area contributed by atoms with Gasteiger partial charge in [0.15, 0.2) is 0 Å². The summed E-state index contributed by atoms with van der Waals surface area (Å²) in [7, 11) is 0. The molecular weight excluding hydrogens is 498 g/mol. The predicted molar refractivity (Wildman–Crippen MR) is 141 cm³/mol. The first kappa shape index (κ1) is 25.3. The van der Waals surface area contributed by atoms with E-state index in [9.17, 15) is 19.8 Å². The smallest absolute Gasteiger partial charge is 0.345 e. The Labute approximate surface area is 227 Å². The number of carbonyl (C=O) groups is 1. The zero-order valence-corrected chi connectivity index (χ0v) is 22.5. The Morgan fingerprint density at radius 2 is 1.97 bits per heavy atom. The molecule has 5 aliphatic rings. The standard InChI is InChI=1S/C31H37NO7/c1-30-10-9-23(39-28(35)17-7-8-17)31(2,14-16-5-6-16)22(30)12-19(33)27-25(30)26(34)24-21(37-27)13-20(38-29(24)36)18-4-3-11-32-15-18/h3-4,11,13,15-17,19,22-23,25-27,33-34H,5-10,12,14H2,1-2H3/t19?,22-,23+,25+,26+,27?,30+,31?/m1/s1. The topological polar surface area (TPSA) is 119 Å². The Morgan fingerprint density at radius 3 is 2.67 bits per heavy atom. The van der Waals surface area contributed by atoms with Crippen molar-refractivity contribution in [3.05, 3.63) is 46.6 Å². The number of pyridine rings is 1. The number of aliphatic hydroxyl groups excluding tert-OH is 2. The molecule has 1 aliphatic heterocycles. The third-order valence-electron chi connectivity index (χ3n) is 10.6. The molecule has 0 spiro atoms. The quantitative estimate of drug-likeness (QED) is 0.540. The number of hydrogen-bond donors (Lipinski definition) is 2. The van der Waals surface area contributed by atoms with Gasteiger partial charge < -0.3 is 24.1 Å². The number of ether oxygens (including phenoxy) is 2. The minimum absolute atomic E-state index is 0.00545. The third-order valence-corrected chi connectivity index (χ3v) is 10.6. The summed E-state index contributed by atoms with van der Waals surface area (Å²) in [6, 6.07) is 5.17. The van der Waals surface area contributed by atoms with Gasteiger partial charge in [-0.3, -0.25) is 9.78 Å². The van der Waals surface area contributed by atoms with Crippen molar-refractivity contribution in [1.29, 1.82) is 0 Å². The molecule has 4 aliphatic carbocycles. The van der Waals surface area contributed by atoms with Crippen LogP contribution in [0.1, 0.15) is 76.9 Å². The van der Waals surface area contributed by atoms with Crippen molar-refractivity contribution in [2.45, 2.75) is 89.6 Å². The van der Waals surface area contributed by atoms with Crippen LogP contribution in [0, 0.1) is 34.5 Å². The minimum Gasteiger partial charge on any atom is -0.486 e. The van der Waals surface area contributed by atoms with Crippen molar-refractivity contribution in [2.24, 2.45) is 34.5 Å². The molecule has 0 radical (unpaired) electrons. The van der Waals surface area contributed by atoms with Crippen LogP contribution < -0.4 is 10.4 Å². The molecule has 0 aromatic carbocycles. The Kier molecular flexibility index (Phi) is 5.77. The number of nitrogens with zero attached hydrogens (tertiary/aromatic N) is 1. The summed E-state index contributed by atoms with van der Waals surface area (Å²) in [6.45, 7) is 4.40. The number of hydrogen-bond acceptors (Lipinski definition) is 8. The maximum absolute atomic E-state index is 13.3. The third kappa shape index (κ3) is 4.05. The average Bonchev–Trinajstić information content (AvgIpc) is 3.83. The highest BCUT2D eigenvalue weighted by Crippen LogP contribution is 2.66. The molecular formula is C31H37NO7. The van der Waals surface area contributed by atoms with Crippen molar-refractivity contribution < 1.29 is 28.9 Å². The van der Waals surface area contributed by atoms with Crippen LogP contribution in [0.3, 0.4) is 0 Å². The zero-order chi connectivity index (χ0) is 27.1. The first-order valence-electron chi connectivity index (χ1n) is 14.5. The molecule has 0 bridgehead atoms. The van der Waals surface area contributed by atoms with E-state index in [0.29, 0.717) is 36.5 Å². The van der Waals surface area contributed by atoms with E-state index in [1.807, 2.05) is 0 Å². The number of carbonyl (C=O) groups excluding carboxylic acids is 1. The molecule has 8 heteroatoms. The van der Waals surface area contributed by atoms with Crippen LogP contribution in [-0.4, -0.2) is 39.5 Å². The van der Waals surface area contributed by atoms with Gasteiger partial charge in [0.25, 0.3) is 0 Å². The van der Waals surface area contributed by atoms with Crippen LogP contribution in [-0.2, 0) is 9.53 Å². The first-order chi connectivity index (χ1) is 18.7. The van der Waals surface area contributed by atoms with Crippen LogP contribution in [0.2, 0.25) is 0 Å². The Bertz CT molecular complexity index is 1330. The number of esters is 1. The molecule has 4 fully saturated rings. The Morgan fingerprint density at radius 1 is 1.18 bits per heavy atom. The molecule has 7 rings (SSSR count). The van der Waals surface area contributed by atoms with Gasteiger partial charge in [0, 0.05) is 35.4 Å². The van der Waals surface area contributed by atoms with Gasteiger partial charge in [-0.25, -0.2) is 4.79 Å². The van der Waals surface area contributed by atoms with Crippen LogP contribution in [0.25, 0.3) is 11.3 Å². The second-order valence-electron chi connectivity index (χ2n) is 13.2. The highest BCUT2D eigenvalue weighted by Gasteiger charge is 2.66. The van der Waals surface area contributed by atoms with Gasteiger partial charge in [0.05, 0.1) is 18.1 Å². The molecule has 39 heavy (non-hydrogen) atoms. The number of aliphatic hydroxyl groups is 2. The average molecular weight is 536 g/mol. The van der Waals surface area contributed by atoms with Gasteiger partial charge in [-0.2, -0.15) is 0 Å². The van der Waals surface area contributed by atoms with Gasteiger partial charge >= 0.3 is 11.6 Å². The Hall–Kier alpha value is -2.71. The highest BCUT2D eigenvalue weighted by molar-refractivity contribution is 5.75. The maximum Gasteiger partial charge on any atom is 0.345 e. The van der Waals surface area contributed by atoms with E-state index in [1.54, 1.807) is 30.6 Å². The molecule has 3 heterocycles. The van der Waals surface area contributed by atoms with Crippen LogP contribution in [0.5, 0.6) is 5.75 Å². The molecule has 2 aromatic rings.